The van der Waals surface area contributed by atoms with E-state index in [1.165, 1.54) is 0 Å². The Morgan fingerprint density at radius 3 is 2.09 bits per heavy atom. The van der Waals surface area contributed by atoms with Crippen molar-refractivity contribution < 1.29 is 14.4 Å². The van der Waals surface area contributed by atoms with Crippen molar-refractivity contribution in [2.24, 2.45) is 11.8 Å². The molecule has 7 nitrogen and oxygen atoms in total. The summed E-state index contributed by atoms with van der Waals surface area (Å²) in [6.45, 7) is 15.0. The molecule has 34 heavy (non-hydrogen) atoms. The van der Waals surface area contributed by atoms with E-state index in [0.717, 1.165) is 45.1 Å². The molecule has 0 aromatic rings. The summed E-state index contributed by atoms with van der Waals surface area (Å²) >= 11 is 0. The topological polar surface area (TPSA) is 81.8 Å². The van der Waals surface area contributed by atoms with E-state index in [-0.39, 0.29) is 53.7 Å². The van der Waals surface area contributed by atoms with Gasteiger partial charge < -0.3 is 15.5 Å². The third kappa shape index (κ3) is 7.30. The number of nitrogens with zero attached hydrogens (tertiary/aromatic N) is 2. The van der Waals surface area contributed by atoms with Gasteiger partial charge in [0.15, 0.2) is 0 Å². The van der Waals surface area contributed by atoms with Crippen LogP contribution in [0.2, 0.25) is 0 Å². The fourth-order valence-electron chi connectivity index (χ4n) is 4.92. The number of piperidine rings is 1. The molecule has 1 saturated heterocycles. The van der Waals surface area contributed by atoms with E-state index in [2.05, 4.69) is 29.4 Å². The molecule has 0 radical (unpaired) electrons. The highest BCUT2D eigenvalue weighted by Gasteiger charge is 2.36. The van der Waals surface area contributed by atoms with Crippen LogP contribution in [0.3, 0.4) is 0 Å². The van der Waals surface area contributed by atoms with Gasteiger partial charge in [-0.05, 0) is 71.3 Å². The first-order valence-corrected chi connectivity index (χ1v) is 13.3. The van der Waals surface area contributed by atoms with E-state index in [4.69, 9.17) is 0 Å². The van der Waals surface area contributed by atoms with Crippen LogP contribution >= 0.6 is 0 Å². The van der Waals surface area contributed by atoms with E-state index in [0.29, 0.717) is 5.57 Å². The second kappa shape index (κ2) is 12.7. The van der Waals surface area contributed by atoms with Gasteiger partial charge in [0.25, 0.3) is 0 Å². The molecule has 1 heterocycles. The minimum Gasteiger partial charge on any atom is -0.350 e. The van der Waals surface area contributed by atoms with E-state index in [9.17, 15) is 14.4 Å². The first-order valence-electron chi connectivity index (χ1n) is 13.3. The third-order valence-electron chi connectivity index (χ3n) is 7.44. The van der Waals surface area contributed by atoms with E-state index in [1.807, 2.05) is 40.7 Å². The molecule has 3 atom stereocenters. The van der Waals surface area contributed by atoms with Crippen molar-refractivity contribution >= 4 is 17.7 Å². The number of hydrogen-bond donors (Lipinski definition) is 2. The molecule has 2 rings (SSSR count). The Morgan fingerprint density at radius 1 is 0.941 bits per heavy atom. The maximum absolute atomic E-state index is 13.6. The van der Waals surface area contributed by atoms with Crippen LogP contribution in [0.5, 0.6) is 0 Å². The van der Waals surface area contributed by atoms with Crippen LogP contribution in [0.25, 0.3) is 0 Å². The zero-order chi connectivity index (χ0) is 25.6. The number of hydrogen-bond acceptors (Lipinski definition) is 4. The highest BCUT2D eigenvalue weighted by atomic mass is 16.2. The monoisotopic (exact) mass is 476 g/mol. The van der Waals surface area contributed by atoms with Crippen LogP contribution in [-0.2, 0) is 14.4 Å². The molecular formula is C27H48N4O3. The Labute approximate surface area is 207 Å². The highest BCUT2D eigenvalue weighted by molar-refractivity contribution is 5.93. The van der Waals surface area contributed by atoms with Gasteiger partial charge in [0.1, 0.15) is 6.04 Å². The molecule has 1 saturated carbocycles. The van der Waals surface area contributed by atoms with Crippen molar-refractivity contribution in [3.63, 3.8) is 0 Å². The number of nitrogens with one attached hydrogen (secondary N) is 2. The molecule has 1 aliphatic carbocycles. The number of amides is 3. The highest BCUT2D eigenvalue weighted by Crippen LogP contribution is 2.22. The summed E-state index contributed by atoms with van der Waals surface area (Å²) in [5.41, 5.74) is 0.630. The van der Waals surface area contributed by atoms with Crippen LogP contribution in [0, 0.1) is 11.8 Å². The van der Waals surface area contributed by atoms with Crippen molar-refractivity contribution in [2.45, 2.75) is 117 Å². The molecular weight excluding hydrogens is 428 g/mol. The summed E-state index contributed by atoms with van der Waals surface area (Å²) in [6, 6.07) is -0.465. The van der Waals surface area contributed by atoms with Gasteiger partial charge in [0, 0.05) is 24.7 Å². The van der Waals surface area contributed by atoms with E-state index >= 15 is 0 Å². The average Bonchev–Trinajstić information content (AvgIpc) is 2.76. The zero-order valence-electron chi connectivity index (χ0n) is 22.7. The van der Waals surface area contributed by atoms with Crippen LogP contribution in [0.4, 0.5) is 0 Å². The Hall–Kier alpha value is -1.89. The number of rotatable bonds is 10. The minimum atomic E-state index is -0.604. The van der Waals surface area contributed by atoms with Crippen molar-refractivity contribution in [1.82, 2.24) is 20.4 Å². The normalized spacial score (nSPS) is 21.9. The lowest BCUT2D eigenvalue weighted by Gasteiger charge is -2.39. The smallest absolute Gasteiger partial charge is 0.246 e. The van der Waals surface area contributed by atoms with Crippen LogP contribution < -0.4 is 10.6 Å². The van der Waals surface area contributed by atoms with Gasteiger partial charge in [-0.3, -0.25) is 19.3 Å². The number of likely N-dealkylation sites (N-methyl/N-ethyl adjacent to an activating group) is 1. The maximum atomic E-state index is 13.6. The number of carbonyl (C=O) groups excluding carboxylic acids is 3. The van der Waals surface area contributed by atoms with Gasteiger partial charge in [-0.15, -0.1) is 0 Å². The lowest BCUT2D eigenvalue weighted by Crippen LogP contribution is -2.58. The van der Waals surface area contributed by atoms with Crippen LogP contribution in [0.15, 0.2) is 11.6 Å². The molecule has 0 aromatic heterocycles. The molecule has 0 bridgehead atoms. The molecule has 7 heteroatoms. The van der Waals surface area contributed by atoms with Crippen molar-refractivity contribution in [1.29, 1.82) is 0 Å². The summed E-state index contributed by atoms with van der Waals surface area (Å²) in [5, 5.41) is 6.16. The fraction of sp³-hybridized carbons (Fsp3) is 0.815. The van der Waals surface area contributed by atoms with Crippen LogP contribution in [-0.4, -0.2) is 71.3 Å². The Balaban J connectivity index is 2.14. The molecule has 0 aromatic carbocycles. The Morgan fingerprint density at radius 2 is 1.59 bits per heavy atom. The molecule has 2 N–H and O–H groups in total. The summed E-state index contributed by atoms with van der Waals surface area (Å²) in [6.07, 6.45) is 8.10. The predicted octanol–water partition coefficient (Wildman–Crippen LogP) is 3.49. The van der Waals surface area contributed by atoms with Crippen molar-refractivity contribution in [2.75, 3.05) is 13.6 Å². The molecule has 0 spiro atoms. The summed E-state index contributed by atoms with van der Waals surface area (Å²) in [4.78, 5) is 43.4. The molecule has 2 unspecified atom stereocenters. The zero-order valence-corrected chi connectivity index (χ0v) is 22.7. The van der Waals surface area contributed by atoms with Gasteiger partial charge in [-0.1, -0.05) is 40.2 Å². The van der Waals surface area contributed by atoms with Crippen molar-refractivity contribution in [3.05, 3.63) is 11.6 Å². The van der Waals surface area contributed by atoms with Crippen LogP contribution in [0.1, 0.15) is 87.0 Å². The largest absolute Gasteiger partial charge is 0.350 e. The molecule has 194 valence electrons. The van der Waals surface area contributed by atoms with Crippen molar-refractivity contribution in [3.8, 4) is 0 Å². The predicted molar refractivity (Wildman–Crippen MR) is 137 cm³/mol. The maximum Gasteiger partial charge on any atom is 0.246 e. The molecule has 2 aliphatic rings. The molecule has 3 amide bonds. The van der Waals surface area contributed by atoms with E-state index < -0.39 is 6.04 Å². The van der Waals surface area contributed by atoms with Gasteiger partial charge in [-0.2, -0.15) is 0 Å². The summed E-state index contributed by atoms with van der Waals surface area (Å²) < 4.78 is 0. The minimum absolute atomic E-state index is 0.0465. The lowest BCUT2D eigenvalue weighted by molar-refractivity contribution is -0.140. The van der Waals surface area contributed by atoms with Gasteiger partial charge in [0.05, 0.1) is 12.1 Å². The van der Waals surface area contributed by atoms with Gasteiger partial charge >= 0.3 is 0 Å². The second-order valence-electron chi connectivity index (χ2n) is 11.2. The Bertz CT molecular complexity index is 742. The Kier molecular flexibility index (Phi) is 10.6. The first-order chi connectivity index (χ1) is 15.9. The average molecular weight is 477 g/mol. The first kappa shape index (κ1) is 28.3. The summed E-state index contributed by atoms with van der Waals surface area (Å²) in [7, 11) is 1.78. The van der Waals surface area contributed by atoms with Gasteiger partial charge in [-0.25, -0.2) is 0 Å². The quantitative estimate of drug-likeness (QED) is 0.473. The number of likely N-dealkylation sites (tertiary alicyclic amines) is 1. The van der Waals surface area contributed by atoms with E-state index in [1.54, 1.807) is 11.9 Å². The molecule has 1 aliphatic heterocycles. The lowest BCUT2D eigenvalue weighted by atomic mass is 9.92. The third-order valence-corrected chi connectivity index (χ3v) is 7.44. The van der Waals surface area contributed by atoms with Gasteiger partial charge in [0.2, 0.25) is 17.7 Å². The summed E-state index contributed by atoms with van der Waals surface area (Å²) in [5.74, 6) is -0.150. The number of carbonyl (C=O) groups is 3. The molecule has 2 fully saturated rings. The standard InChI is InChI=1S/C27H48N4O3/c1-17(2)23(16-20(7)25(32)28-21-12-11-13-21)30(8)27(34)24(18(3)4)29-26(33)22-14-9-10-15-31(22)19(5)6/h16-19,21-24H,9-15H2,1-8H3,(H,28,32)(H,29,33)/b20-16+/t22?,23-,24?/m1/s1. The SMILES string of the molecule is C/C(=C\[C@H](C(C)C)N(C)C(=O)C(NC(=O)C1CCCCN1C(C)C)C(C)C)C(=O)NC1CCC1. The fourth-order valence-corrected chi connectivity index (χ4v) is 4.92. The second-order valence-corrected chi connectivity index (χ2v) is 11.2.